The maximum atomic E-state index is 16.0. The Morgan fingerprint density at radius 3 is 2.43 bits per heavy atom. The van der Waals surface area contributed by atoms with Crippen molar-refractivity contribution >= 4 is 30.2 Å². The Balaban J connectivity index is 2.02. The standard InChI is InChI=1S/C27H28F2NO6P/c1-4-15-34-25(31)19(3)30-37(33,36-24-9-7-6-8-10-24)27(28,29)23-14-13-20-11-12-21(17-22(20)18-23)26(32)35-16-5-2/h5-14,17-19H,2,4,15-16H2,1,3H3,(H,30,33)/t19-,37?/m0/s1. The van der Waals surface area contributed by atoms with E-state index in [1.165, 1.54) is 43.3 Å². The second kappa shape index (κ2) is 12.1. The minimum atomic E-state index is -5.12. The van der Waals surface area contributed by atoms with E-state index >= 15 is 8.78 Å². The van der Waals surface area contributed by atoms with Crippen LogP contribution in [0.2, 0.25) is 0 Å². The van der Waals surface area contributed by atoms with Crippen LogP contribution in [0.15, 0.2) is 79.4 Å². The zero-order valence-electron chi connectivity index (χ0n) is 20.5. The molecule has 0 aliphatic heterocycles. The van der Waals surface area contributed by atoms with Gasteiger partial charge < -0.3 is 14.0 Å². The van der Waals surface area contributed by atoms with Crippen LogP contribution >= 0.6 is 7.52 Å². The molecule has 0 heterocycles. The van der Waals surface area contributed by atoms with Crippen LogP contribution in [0.25, 0.3) is 10.8 Å². The van der Waals surface area contributed by atoms with Gasteiger partial charge in [0.05, 0.1) is 12.2 Å². The summed E-state index contributed by atoms with van der Waals surface area (Å²) in [6.07, 6.45) is 1.95. The molecule has 0 radical (unpaired) electrons. The quantitative estimate of drug-likeness (QED) is 0.164. The molecule has 0 aromatic heterocycles. The molecule has 3 aromatic rings. The smallest absolute Gasteiger partial charge is 0.390 e. The summed E-state index contributed by atoms with van der Waals surface area (Å²) < 4.78 is 61.3. The van der Waals surface area contributed by atoms with E-state index < -0.39 is 36.7 Å². The number of nitrogens with one attached hydrogen (secondary N) is 1. The Kier molecular flexibility index (Phi) is 9.18. The molecule has 0 aliphatic rings. The molecule has 7 nitrogen and oxygen atoms in total. The van der Waals surface area contributed by atoms with Crippen molar-refractivity contribution in [2.24, 2.45) is 0 Å². The van der Waals surface area contributed by atoms with Gasteiger partial charge in [-0.2, -0.15) is 8.78 Å². The molecule has 0 spiro atoms. The van der Waals surface area contributed by atoms with Gasteiger partial charge in [-0.25, -0.2) is 9.88 Å². The van der Waals surface area contributed by atoms with E-state index in [-0.39, 0.29) is 24.5 Å². The molecule has 10 heteroatoms. The first kappa shape index (κ1) is 28.0. The number of ether oxygens (including phenoxy) is 2. The van der Waals surface area contributed by atoms with Crippen molar-refractivity contribution in [2.45, 2.75) is 32.0 Å². The number of halogens is 2. The minimum absolute atomic E-state index is 0.000464. The van der Waals surface area contributed by atoms with Gasteiger partial charge >= 0.3 is 25.1 Å². The maximum absolute atomic E-state index is 16.0. The van der Waals surface area contributed by atoms with Gasteiger partial charge in [-0.15, -0.1) is 0 Å². The summed E-state index contributed by atoms with van der Waals surface area (Å²) in [6, 6.07) is 14.3. The summed E-state index contributed by atoms with van der Waals surface area (Å²) in [5, 5.41) is 3.09. The summed E-state index contributed by atoms with van der Waals surface area (Å²) in [5.41, 5.74) is -4.54. The Labute approximate surface area is 213 Å². The highest BCUT2D eigenvalue weighted by molar-refractivity contribution is 7.58. The lowest BCUT2D eigenvalue weighted by atomic mass is 10.0. The fourth-order valence-corrected chi connectivity index (χ4v) is 5.22. The summed E-state index contributed by atoms with van der Waals surface area (Å²) in [7, 11) is -5.12. The highest BCUT2D eigenvalue weighted by atomic mass is 31.2. The molecular weight excluding hydrogens is 503 g/mol. The molecule has 2 atom stereocenters. The van der Waals surface area contributed by atoms with Gasteiger partial charge in [-0.1, -0.05) is 56.0 Å². The molecule has 1 unspecified atom stereocenters. The van der Waals surface area contributed by atoms with Gasteiger partial charge in [0.25, 0.3) is 0 Å². The Morgan fingerprint density at radius 2 is 1.76 bits per heavy atom. The Hall–Kier alpha value is -3.55. The van der Waals surface area contributed by atoms with E-state index in [1.54, 1.807) is 31.2 Å². The predicted molar refractivity (Wildman–Crippen MR) is 137 cm³/mol. The largest absolute Gasteiger partial charge is 0.465 e. The van der Waals surface area contributed by atoms with Crippen LogP contribution in [0.3, 0.4) is 0 Å². The molecule has 37 heavy (non-hydrogen) atoms. The van der Waals surface area contributed by atoms with Crippen LogP contribution in [0.4, 0.5) is 8.78 Å². The highest BCUT2D eigenvalue weighted by Gasteiger charge is 2.56. The summed E-state index contributed by atoms with van der Waals surface area (Å²) in [6.45, 7) is 6.63. The van der Waals surface area contributed by atoms with Gasteiger partial charge in [-0.3, -0.25) is 9.36 Å². The fraction of sp³-hybridized carbons (Fsp3) is 0.259. The van der Waals surface area contributed by atoms with Crippen LogP contribution < -0.4 is 9.61 Å². The second-order valence-electron chi connectivity index (χ2n) is 8.18. The lowest BCUT2D eigenvalue weighted by Crippen LogP contribution is -2.39. The van der Waals surface area contributed by atoms with E-state index in [9.17, 15) is 14.2 Å². The zero-order valence-corrected chi connectivity index (χ0v) is 21.4. The molecule has 0 bridgehead atoms. The number of carbonyl (C=O) groups excluding carboxylic acids is 2. The van der Waals surface area contributed by atoms with Crippen LogP contribution in [-0.4, -0.2) is 31.2 Å². The molecule has 0 aliphatic carbocycles. The molecule has 0 saturated heterocycles. The predicted octanol–water partition coefficient (Wildman–Crippen LogP) is 6.44. The number of carbonyl (C=O) groups is 2. The van der Waals surface area contributed by atoms with Crippen LogP contribution in [0, 0.1) is 0 Å². The molecule has 0 amide bonds. The SMILES string of the molecule is C=CCOC(=O)c1ccc2ccc(C(F)(F)P(=O)(N[C@@H](C)C(=O)OCCC)Oc3ccccc3)cc2c1. The van der Waals surface area contributed by atoms with Crippen molar-refractivity contribution in [1.29, 1.82) is 0 Å². The monoisotopic (exact) mass is 531 g/mol. The molecular formula is C27H28F2NO6P. The number of alkyl halides is 2. The van der Waals surface area contributed by atoms with Gasteiger partial charge in [0.2, 0.25) is 0 Å². The average molecular weight is 531 g/mol. The van der Waals surface area contributed by atoms with Crippen molar-refractivity contribution in [3.63, 3.8) is 0 Å². The van der Waals surface area contributed by atoms with E-state index in [1.807, 2.05) is 0 Å². The van der Waals surface area contributed by atoms with Crippen molar-refractivity contribution < 1.29 is 36.9 Å². The highest BCUT2D eigenvalue weighted by Crippen LogP contribution is 2.63. The van der Waals surface area contributed by atoms with Crippen molar-refractivity contribution in [3.05, 3.63) is 90.5 Å². The van der Waals surface area contributed by atoms with Crippen molar-refractivity contribution in [2.75, 3.05) is 13.2 Å². The molecule has 3 aromatic carbocycles. The summed E-state index contributed by atoms with van der Waals surface area (Å²) >= 11 is 0. The number of hydrogen-bond acceptors (Lipinski definition) is 6. The molecule has 3 rings (SSSR count). The van der Waals surface area contributed by atoms with Crippen LogP contribution in [0.5, 0.6) is 5.75 Å². The van der Waals surface area contributed by atoms with Crippen molar-refractivity contribution in [1.82, 2.24) is 5.09 Å². The lowest BCUT2D eigenvalue weighted by molar-refractivity contribution is -0.145. The van der Waals surface area contributed by atoms with E-state index in [2.05, 4.69) is 11.7 Å². The Bertz CT molecular complexity index is 1310. The van der Waals surface area contributed by atoms with Crippen LogP contribution in [0.1, 0.15) is 36.2 Å². The third kappa shape index (κ3) is 6.61. The average Bonchev–Trinajstić information content (AvgIpc) is 2.89. The number of fused-ring (bicyclic) bond motifs is 1. The second-order valence-corrected chi connectivity index (χ2v) is 10.3. The van der Waals surface area contributed by atoms with Gasteiger partial charge in [0.15, 0.2) is 0 Å². The maximum Gasteiger partial charge on any atom is 0.390 e. The van der Waals surface area contributed by atoms with Gasteiger partial charge in [-0.05, 0) is 54.4 Å². The summed E-state index contributed by atoms with van der Waals surface area (Å²) in [4.78, 5) is 24.5. The molecule has 0 saturated carbocycles. The van der Waals surface area contributed by atoms with E-state index in [0.717, 1.165) is 12.1 Å². The first-order valence-corrected chi connectivity index (χ1v) is 13.2. The number of benzene rings is 3. The zero-order chi connectivity index (χ0) is 27.1. The number of hydrogen-bond donors (Lipinski definition) is 1. The first-order chi connectivity index (χ1) is 17.6. The summed E-state index contributed by atoms with van der Waals surface area (Å²) in [5.74, 6) is -1.55. The third-order valence-electron chi connectivity index (χ3n) is 5.27. The molecule has 0 fully saturated rings. The minimum Gasteiger partial charge on any atom is -0.465 e. The number of esters is 2. The van der Waals surface area contributed by atoms with Gasteiger partial charge in [0.1, 0.15) is 18.4 Å². The Morgan fingerprint density at radius 1 is 1.05 bits per heavy atom. The molecule has 1 N–H and O–H groups in total. The van der Waals surface area contributed by atoms with E-state index in [0.29, 0.717) is 17.2 Å². The van der Waals surface area contributed by atoms with Crippen molar-refractivity contribution in [3.8, 4) is 5.75 Å². The first-order valence-electron chi connectivity index (χ1n) is 11.6. The topological polar surface area (TPSA) is 90.9 Å². The normalized spacial score (nSPS) is 13.8. The third-order valence-corrected chi connectivity index (χ3v) is 7.46. The van der Waals surface area contributed by atoms with E-state index in [4.69, 9.17) is 14.0 Å². The van der Waals surface area contributed by atoms with Gasteiger partial charge in [0, 0.05) is 5.56 Å². The fourth-order valence-electron chi connectivity index (χ4n) is 3.38. The number of para-hydroxylation sites is 1. The van der Waals surface area contributed by atoms with Crippen LogP contribution in [-0.2, 0) is 24.5 Å². The number of rotatable bonds is 12. The lowest BCUT2D eigenvalue weighted by Gasteiger charge is -2.30. The molecule has 196 valence electrons.